The fourth-order valence-electron chi connectivity index (χ4n) is 5.16. The van der Waals surface area contributed by atoms with Gasteiger partial charge >= 0.3 is 5.97 Å². The lowest BCUT2D eigenvalue weighted by molar-refractivity contribution is 0.0599. The Balaban J connectivity index is 1.46. The summed E-state index contributed by atoms with van der Waals surface area (Å²) in [5, 5.41) is 1.23. The Morgan fingerprint density at radius 2 is 1.91 bits per heavy atom. The molecule has 1 aliphatic carbocycles. The Kier molecular flexibility index (Phi) is 6.13. The Morgan fingerprint density at radius 3 is 2.61 bits per heavy atom. The van der Waals surface area contributed by atoms with Gasteiger partial charge in [-0.15, -0.1) is 0 Å². The molecule has 1 saturated heterocycles. The lowest BCUT2D eigenvalue weighted by Gasteiger charge is -2.42. The van der Waals surface area contributed by atoms with Crippen LogP contribution < -0.4 is 4.74 Å². The van der Waals surface area contributed by atoms with Crippen LogP contribution in [0.4, 0.5) is 0 Å². The van der Waals surface area contributed by atoms with Crippen LogP contribution in [0.5, 0.6) is 5.75 Å². The molecule has 0 amide bonds. The highest BCUT2D eigenvalue weighted by Gasteiger charge is 2.32. The molecule has 3 aromatic rings. The highest BCUT2D eigenvalue weighted by molar-refractivity contribution is 5.89. The SMILES string of the molecule is COC(=O)c1ccc(C2CN(CC3CC3)CCN2Cc2c(OC)cc(C)c3[nH]ccc23)cc1. The van der Waals surface area contributed by atoms with Crippen LogP contribution in [0.3, 0.4) is 0 Å². The van der Waals surface area contributed by atoms with Crippen molar-refractivity contribution in [2.24, 2.45) is 5.92 Å². The molecule has 1 N–H and O–H groups in total. The Bertz CT molecular complexity index is 1130. The number of nitrogens with zero attached hydrogens (tertiary/aromatic N) is 2. The quantitative estimate of drug-likeness (QED) is 0.539. The summed E-state index contributed by atoms with van der Waals surface area (Å²) >= 11 is 0. The molecule has 174 valence electrons. The Morgan fingerprint density at radius 1 is 1.12 bits per heavy atom. The van der Waals surface area contributed by atoms with E-state index in [9.17, 15) is 4.79 Å². The van der Waals surface area contributed by atoms with Gasteiger partial charge in [-0.25, -0.2) is 4.79 Å². The second-order valence-corrected chi connectivity index (χ2v) is 9.44. The number of nitrogens with one attached hydrogen (secondary N) is 1. The summed E-state index contributed by atoms with van der Waals surface area (Å²) in [4.78, 5) is 20.5. The molecule has 1 aromatic heterocycles. The lowest BCUT2D eigenvalue weighted by atomic mass is 9.98. The maximum atomic E-state index is 11.9. The summed E-state index contributed by atoms with van der Waals surface area (Å²) in [5.74, 6) is 1.52. The number of fused-ring (bicyclic) bond motifs is 1. The Hall–Kier alpha value is -2.83. The number of H-pyrrole nitrogens is 1. The molecular formula is C27H33N3O3. The van der Waals surface area contributed by atoms with E-state index in [0.717, 1.165) is 37.8 Å². The number of piperazine rings is 1. The number of benzene rings is 2. The van der Waals surface area contributed by atoms with Crippen LogP contribution in [0, 0.1) is 12.8 Å². The van der Waals surface area contributed by atoms with Gasteiger partial charge < -0.3 is 14.5 Å². The highest BCUT2D eigenvalue weighted by atomic mass is 16.5. The third-order valence-corrected chi connectivity index (χ3v) is 7.20. The molecule has 1 saturated carbocycles. The molecule has 0 bridgehead atoms. The van der Waals surface area contributed by atoms with Crippen molar-refractivity contribution in [3.8, 4) is 5.75 Å². The van der Waals surface area contributed by atoms with Crippen LogP contribution in [-0.2, 0) is 11.3 Å². The largest absolute Gasteiger partial charge is 0.496 e. The minimum Gasteiger partial charge on any atom is -0.496 e. The molecule has 2 heterocycles. The summed E-state index contributed by atoms with van der Waals surface area (Å²) in [6.07, 6.45) is 4.74. The van der Waals surface area contributed by atoms with E-state index < -0.39 is 0 Å². The average Bonchev–Trinajstić information content (AvgIpc) is 3.51. The number of hydrogen-bond acceptors (Lipinski definition) is 5. The number of carbonyl (C=O) groups is 1. The van der Waals surface area contributed by atoms with Gasteiger partial charge in [0.25, 0.3) is 0 Å². The number of esters is 1. The van der Waals surface area contributed by atoms with Gasteiger partial charge in [0.1, 0.15) is 5.75 Å². The maximum absolute atomic E-state index is 11.9. The van der Waals surface area contributed by atoms with E-state index >= 15 is 0 Å². The van der Waals surface area contributed by atoms with Crippen molar-refractivity contribution < 1.29 is 14.3 Å². The standard InChI is InChI=1S/C27H33N3O3/c1-18-14-25(32-2)23(22-10-11-28-26(18)22)16-30-13-12-29(15-19-4-5-19)17-24(30)20-6-8-21(9-7-20)27(31)33-3/h6-11,14,19,24,28H,4-5,12-13,15-17H2,1-3H3. The van der Waals surface area contributed by atoms with Crippen molar-refractivity contribution in [2.75, 3.05) is 40.4 Å². The summed E-state index contributed by atoms with van der Waals surface area (Å²) in [6, 6.07) is 12.5. The smallest absolute Gasteiger partial charge is 0.337 e. The van der Waals surface area contributed by atoms with Crippen molar-refractivity contribution >= 4 is 16.9 Å². The van der Waals surface area contributed by atoms with E-state index in [-0.39, 0.29) is 12.0 Å². The van der Waals surface area contributed by atoms with E-state index in [2.05, 4.69) is 46.0 Å². The van der Waals surface area contributed by atoms with Crippen LogP contribution in [0.15, 0.2) is 42.6 Å². The molecule has 6 nitrogen and oxygen atoms in total. The number of aryl methyl sites for hydroxylation is 1. The molecule has 1 aliphatic heterocycles. The first kappa shape index (κ1) is 22.0. The van der Waals surface area contributed by atoms with Gasteiger partial charge in [0, 0.05) is 61.4 Å². The zero-order chi connectivity index (χ0) is 22.9. The molecule has 2 aromatic carbocycles. The van der Waals surface area contributed by atoms with Crippen LogP contribution in [0.25, 0.3) is 10.9 Å². The molecule has 1 atom stereocenters. The third-order valence-electron chi connectivity index (χ3n) is 7.20. The number of aromatic nitrogens is 1. The monoisotopic (exact) mass is 447 g/mol. The third kappa shape index (κ3) is 4.50. The van der Waals surface area contributed by atoms with E-state index in [0.29, 0.717) is 5.56 Å². The van der Waals surface area contributed by atoms with Gasteiger partial charge in [-0.2, -0.15) is 0 Å². The van der Waals surface area contributed by atoms with Gasteiger partial charge in [-0.3, -0.25) is 9.80 Å². The zero-order valence-electron chi connectivity index (χ0n) is 19.8. The summed E-state index contributed by atoms with van der Waals surface area (Å²) < 4.78 is 10.7. The number of methoxy groups -OCH3 is 2. The van der Waals surface area contributed by atoms with Crippen molar-refractivity contribution in [1.29, 1.82) is 0 Å². The van der Waals surface area contributed by atoms with Gasteiger partial charge in [0.05, 0.1) is 19.8 Å². The molecule has 2 fully saturated rings. The topological polar surface area (TPSA) is 57.8 Å². The molecule has 0 radical (unpaired) electrons. The van der Waals surface area contributed by atoms with Gasteiger partial charge in [-0.05, 0) is 61.1 Å². The summed E-state index contributed by atoms with van der Waals surface area (Å²) in [6.45, 7) is 7.21. The molecule has 1 unspecified atom stereocenters. The average molecular weight is 448 g/mol. The lowest BCUT2D eigenvalue weighted by Crippen LogP contribution is -2.48. The highest BCUT2D eigenvalue weighted by Crippen LogP contribution is 2.36. The molecule has 2 aliphatic rings. The predicted octanol–water partition coefficient (Wildman–Crippen LogP) is 4.54. The van der Waals surface area contributed by atoms with Gasteiger partial charge in [0.15, 0.2) is 0 Å². The predicted molar refractivity (Wildman–Crippen MR) is 130 cm³/mol. The first-order chi connectivity index (χ1) is 16.1. The van der Waals surface area contributed by atoms with Crippen molar-refractivity contribution in [3.05, 3.63) is 64.8 Å². The number of ether oxygens (including phenoxy) is 2. The van der Waals surface area contributed by atoms with Gasteiger partial charge in [-0.1, -0.05) is 12.1 Å². The first-order valence-electron chi connectivity index (χ1n) is 11.9. The molecule has 33 heavy (non-hydrogen) atoms. The van der Waals surface area contributed by atoms with Crippen molar-refractivity contribution in [3.63, 3.8) is 0 Å². The fourth-order valence-corrected chi connectivity index (χ4v) is 5.16. The fraction of sp³-hybridized carbons (Fsp3) is 0.444. The zero-order valence-corrected chi connectivity index (χ0v) is 19.8. The van der Waals surface area contributed by atoms with Crippen LogP contribution >= 0.6 is 0 Å². The minimum atomic E-state index is -0.295. The van der Waals surface area contributed by atoms with Crippen molar-refractivity contribution in [2.45, 2.75) is 32.4 Å². The van der Waals surface area contributed by atoms with E-state index in [1.165, 1.54) is 54.1 Å². The molecule has 5 rings (SSSR count). The maximum Gasteiger partial charge on any atom is 0.337 e. The number of hydrogen-bond donors (Lipinski definition) is 1. The summed E-state index contributed by atoms with van der Waals surface area (Å²) in [7, 11) is 3.18. The molecule has 0 spiro atoms. The number of rotatable bonds is 7. The summed E-state index contributed by atoms with van der Waals surface area (Å²) in [5.41, 5.74) is 5.43. The van der Waals surface area contributed by atoms with Crippen LogP contribution in [0.1, 0.15) is 45.9 Å². The van der Waals surface area contributed by atoms with E-state index in [1.807, 2.05) is 18.3 Å². The minimum absolute atomic E-state index is 0.254. The second-order valence-electron chi connectivity index (χ2n) is 9.44. The Labute approximate surface area is 195 Å². The first-order valence-corrected chi connectivity index (χ1v) is 11.9. The van der Waals surface area contributed by atoms with Crippen LogP contribution in [0.2, 0.25) is 0 Å². The molecule has 6 heteroatoms. The number of carbonyl (C=O) groups excluding carboxylic acids is 1. The second kappa shape index (κ2) is 9.20. The van der Waals surface area contributed by atoms with Crippen molar-refractivity contribution in [1.82, 2.24) is 14.8 Å². The van der Waals surface area contributed by atoms with Gasteiger partial charge in [0.2, 0.25) is 0 Å². The molecular weight excluding hydrogens is 414 g/mol. The normalized spacial score (nSPS) is 19.7. The number of aromatic amines is 1. The van der Waals surface area contributed by atoms with E-state index in [1.54, 1.807) is 7.11 Å². The van der Waals surface area contributed by atoms with E-state index in [4.69, 9.17) is 9.47 Å². The van der Waals surface area contributed by atoms with Crippen LogP contribution in [-0.4, -0.2) is 61.2 Å².